The monoisotopic (exact) mass is 239 g/mol. The van der Waals surface area contributed by atoms with E-state index in [1.165, 1.54) is 10.8 Å². The fourth-order valence-electron chi connectivity index (χ4n) is 0.760. The summed E-state index contributed by atoms with van der Waals surface area (Å²) in [6, 6.07) is 3.31. The van der Waals surface area contributed by atoms with E-state index in [0.29, 0.717) is 5.56 Å². The highest BCUT2D eigenvalue weighted by Crippen LogP contribution is 2.24. The molecular weight excluding hydrogens is 234 g/mol. The zero-order valence-corrected chi connectivity index (χ0v) is 8.63. The molecule has 0 radical (unpaired) electrons. The van der Waals surface area contributed by atoms with Crippen LogP contribution in [0.4, 0.5) is 0 Å². The Hall–Kier alpha value is -0.510. The average Bonchev–Trinajstić information content (AvgIpc) is 2.04. The minimum atomic E-state index is -1.49. The molecule has 0 fully saturated rings. The van der Waals surface area contributed by atoms with Crippen molar-refractivity contribution in [3.05, 3.63) is 30.1 Å². The lowest BCUT2D eigenvalue weighted by Crippen LogP contribution is -2.43. The number of rotatable bonds is 1. The molecule has 1 rings (SSSR count). The van der Waals surface area contributed by atoms with Crippen LogP contribution in [0.2, 0.25) is 0 Å². The number of pyridine rings is 1. The van der Waals surface area contributed by atoms with Gasteiger partial charge in [-0.15, -0.1) is 0 Å². The summed E-state index contributed by atoms with van der Waals surface area (Å²) >= 11 is 16.8. The molecule has 70 valence electrons. The van der Waals surface area contributed by atoms with Crippen molar-refractivity contribution in [3.8, 4) is 0 Å². The zero-order valence-electron chi connectivity index (χ0n) is 6.36. The number of alkyl halides is 3. The fraction of sp³-hybridized carbons (Fsp3) is 0.143. The number of halogens is 3. The Labute approximate surface area is 90.1 Å². The van der Waals surface area contributed by atoms with E-state index >= 15 is 0 Å². The molecule has 0 amide bonds. The molecule has 3 nitrogen and oxygen atoms in total. The second kappa shape index (κ2) is 4.13. The van der Waals surface area contributed by atoms with Crippen LogP contribution in [0, 0.1) is 0 Å². The van der Waals surface area contributed by atoms with Gasteiger partial charge >= 0.3 is 3.92 Å². The van der Waals surface area contributed by atoms with Gasteiger partial charge in [0.1, 0.15) is 0 Å². The van der Waals surface area contributed by atoms with Crippen molar-refractivity contribution in [2.45, 2.75) is 3.92 Å². The minimum absolute atomic E-state index is 0.716. The van der Waals surface area contributed by atoms with Crippen molar-refractivity contribution in [1.82, 2.24) is 0 Å². The molecule has 0 unspecified atom stereocenters. The largest absolute Gasteiger partial charge is 0.411 e. The van der Waals surface area contributed by atoms with Gasteiger partial charge in [-0.05, 0) is 34.8 Å². The van der Waals surface area contributed by atoms with E-state index in [1.807, 2.05) is 0 Å². The normalized spacial score (nSPS) is 12.2. The molecular formula is C7H6Cl3N2O+. The molecule has 1 heterocycles. The van der Waals surface area contributed by atoms with E-state index in [2.05, 4.69) is 5.16 Å². The van der Waals surface area contributed by atoms with Gasteiger partial charge in [-0.1, -0.05) is 5.16 Å². The zero-order chi connectivity index (χ0) is 9.90. The summed E-state index contributed by atoms with van der Waals surface area (Å²) in [5.74, 6) is 0. The van der Waals surface area contributed by atoms with E-state index in [0.717, 1.165) is 0 Å². The Morgan fingerprint density at radius 3 is 2.23 bits per heavy atom. The average molecular weight is 240 g/mol. The molecule has 1 aromatic heterocycles. The van der Waals surface area contributed by atoms with Crippen LogP contribution in [0.3, 0.4) is 0 Å². The number of aromatic nitrogens is 1. The summed E-state index contributed by atoms with van der Waals surface area (Å²) in [7, 11) is 0. The van der Waals surface area contributed by atoms with Gasteiger partial charge in [-0.25, -0.2) is 0 Å². The van der Waals surface area contributed by atoms with Gasteiger partial charge in [0.25, 0.3) is 0 Å². The summed E-state index contributed by atoms with van der Waals surface area (Å²) in [6.07, 6.45) is 4.43. The van der Waals surface area contributed by atoms with Crippen molar-refractivity contribution in [3.63, 3.8) is 0 Å². The first kappa shape index (κ1) is 10.6. The maximum absolute atomic E-state index is 8.23. The number of oxime groups is 1. The highest BCUT2D eigenvalue weighted by atomic mass is 35.6. The third-order valence-corrected chi connectivity index (χ3v) is 1.94. The van der Waals surface area contributed by atoms with Crippen LogP contribution in [0.5, 0.6) is 0 Å². The smallest absolute Gasteiger partial charge is 0.399 e. The molecule has 13 heavy (non-hydrogen) atoms. The molecule has 6 heteroatoms. The topological polar surface area (TPSA) is 36.5 Å². The Kier molecular flexibility index (Phi) is 3.36. The lowest BCUT2D eigenvalue weighted by atomic mass is 10.3. The second-order valence-corrected chi connectivity index (χ2v) is 4.47. The van der Waals surface area contributed by atoms with E-state index in [1.54, 1.807) is 24.5 Å². The lowest BCUT2D eigenvalue weighted by Gasteiger charge is -2.03. The van der Waals surface area contributed by atoms with Crippen molar-refractivity contribution in [2.75, 3.05) is 0 Å². The molecule has 0 aromatic carbocycles. The molecule has 0 aliphatic rings. The molecule has 0 saturated carbocycles. The van der Waals surface area contributed by atoms with Crippen LogP contribution in [0.25, 0.3) is 0 Å². The Bertz CT molecular complexity index is 305. The van der Waals surface area contributed by atoms with Gasteiger partial charge < -0.3 is 5.21 Å². The maximum Gasteiger partial charge on any atom is 0.399 e. The molecule has 0 aliphatic heterocycles. The Morgan fingerprint density at radius 2 is 1.85 bits per heavy atom. The van der Waals surface area contributed by atoms with Crippen LogP contribution in [-0.4, -0.2) is 11.4 Å². The van der Waals surface area contributed by atoms with Crippen molar-refractivity contribution in [1.29, 1.82) is 0 Å². The first-order chi connectivity index (χ1) is 6.04. The van der Waals surface area contributed by atoms with Crippen molar-refractivity contribution >= 4 is 41.0 Å². The van der Waals surface area contributed by atoms with Gasteiger partial charge in [0, 0.05) is 17.7 Å². The van der Waals surface area contributed by atoms with E-state index in [-0.39, 0.29) is 0 Å². The summed E-state index contributed by atoms with van der Waals surface area (Å²) in [5.41, 5.74) is 0.716. The Balaban J connectivity index is 2.94. The predicted octanol–water partition coefficient (Wildman–Crippen LogP) is 2.07. The maximum atomic E-state index is 8.23. The number of hydrogen-bond acceptors (Lipinski definition) is 2. The van der Waals surface area contributed by atoms with Gasteiger partial charge in [-0.3, -0.25) is 0 Å². The first-order valence-corrected chi connectivity index (χ1v) is 4.43. The van der Waals surface area contributed by atoms with Gasteiger partial charge in [-0.2, -0.15) is 4.57 Å². The summed E-state index contributed by atoms with van der Waals surface area (Å²) < 4.78 is -0.0960. The lowest BCUT2D eigenvalue weighted by molar-refractivity contribution is -0.699. The highest BCUT2D eigenvalue weighted by Gasteiger charge is 2.30. The minimum Gasteiger partial charge on any atom is -0.411 e. The van der Waals surface area contributed by atoms with Crippen LogP contribution in [0.15, 0.2) is 29.7 Å². The second-order valence-electron chi connectivity index (χ2n) is 2.25. The summed E-state index contributed by atoms with van der Waals surface area (Å²) in [4.78, 5) is 0. The highest BCUT2D eigenvalue weighted by molar-refractivity contribution is 6.63. The SMILES string of the molecule is ON=Cc1cc[n+](C(Cl)(Cl)Cl)cc1. The van der Waals surface area contributed by atoms with E-state index in [4.69, 9.17) is 40.0 Å². The molecule has 1 N–H and O–H groups in total. The fourth-order valence-corrected chi connectivity index (χ4v) is 1.10. The Morgan fingerprint density at radius 1 is 1.31 bits per heavy atom. The van der Waals surface area contributed by atoms with Crippen LogP contribution in [0.1, 0.15) is 5.56 Å². The third kappa shape index (κ3) is 3.03. The molecule has 0 atom stereocenters. The van der Waals surface area contributed by atoms with Gasteiger partial charge in [0.05, 0.1) is 6.21 Å². The predicted molar refractivity (Wildman–Crippen MR) is 51.6 cm³/mol. The van der Waals surface area contributed by atoms with Crippen LogP contribution >= 0.6 is 34.8 Å². The molecule has 1 aromatic rings. The van der Waals surface area contributed by atoms with E-state index in [9.17, 15) is 0 Å². The summed E-state index contributed by atoms with van der Waals surface area (Å²) in [5, 5.41) is 11.1. The molecule has 0 aliphatic carbocycles. The molecule has 0 spiro atoms. The van der Waals surface area contributed by atoms with Crippen molar-refractivity contribution in [2.24, 2.45) is 5.16 Å². The quantitative estimate of drug-likeness (QED) is 0.263. The van der Waals surface area contributed by atoms with E-state index < -0.39 is 3.92 Å². The van der Waals surface area contributed by atoms with Gasteiger partial charge in [0.2, 0.25) is 0 Å². The number of nitrogens with zero attached hydrogens (tertiary/aromatic N) is 2. The standard InChI is InChI=1S/C7H5Cl3N2O/c8-7(9,10)12-3-1-6(2-4-12)5-11-13/h1-5H/p+1. The molecule has 0 bridgehead atoms. The van der Waals surface area contributed by atoms with Crippen molar-refractivity contribution < 1.29 is 9.77 Å². The third-order valence-electron chi connectivity index (χ3n) is 1.35. The molecule has 0 saturated heterocycles. The summed E-state index contributed by atoms with van der Waals surface area (Å²) in [6.45, 7) is 0. The number of hydrogen-bond donors (Lipinski definition) is 1. The first-order valence-electron chi connectivity index (χ1n) is 3.30. The van der Waals surface area contributed by atoms with Gasteiger partial charge in [0.15, 0.2) is 12.4 Å². The van der Waals surface area contributed by atoms with Crippen LogP contribution in [-0.2, 0) is 3.92 Å². The van der Waals surface area contributed by atoms with Crippen LogP contribution < -0.4 is 4.57 Å².